The minimum absolute atomic E-state index is 0.337. The molecule has 26 heavy (non-hydrogen) atoms. The summed E-state index contributed by atoms with van der Waals surface area (Å²) >= 11 is 0. The SMILES string of the molecule is Cn1cc(/C=N/NC(=O)c2cc(-c3ccccc3)n[nH]2)c2ccccc21. The van der Waals surface area contributed by atoms with E-state index < -0.39 is 0 Å². The minimum atomic E-state index is -0.337. The zero-order valence-electron chi connectivity index (χ0n) is 14.2. The molecule has 1 amide bonds. The molecular formula is C20H17N5O. The number of aromatic nitrogens is 3. The van der Waals surface area contributed by atoms with E-state index in [-0.39, 0.29) is 5.91 Å². The van der Waals surface area contributed by atoms with Gasteiger partial charge in [0.2, 0.25) is 0 Å². The van der Waals surface area contributed by atoms with Crippen molar-refractivity contribution < 1.29 is 4.79 Å². The second-order valence-corrected chi connectivity index (χ2v) is 5.94. The molecule has 4 aromatic rings. The van der Waals surface area contributed by atoms with Crippen LogP contribution in [0.15, 0.2) is 72.0 Å². The standard InChI is InChI=1S/C20H17N5O/c1-25-13-15(16-9-5-6-10-19(16)25)12-21-24-20(26)18-11-17(22-23-18)14-7-3-2-4-8-14/h2-13H,1H3,(H,22,23)(H,24,26)/b21-12+. The number of carbonyl (C=O) groups is 1. The predicted molar refractivity (Wildman–Crippen MR) is 102 cm³/mol. The van der Waals surface area contributed by atoms with E-state index in [1.165, 1.54) is 0 Å². The van der Waals surface area contributed by atoms with Crippen LogP contribution in [0.2, 0.25) is 0 Å². The number of hydrazone groups is 1. The molecule has 0 aliphatic rings. The molecular weight excluding hydrogens is 326 g/mol. The second-order valence-electron chi connectivity index (χ2n) is 5.94. The van der Waals surface area contributed by atoms with Crippen molar-refractivity contribution in [3.8, 4) is 11.3 Å². The molecule has 6 heteroatoms. The van der Waals surface area contributed by atoms with Crippen LogP contribution < -0.4 is 5.43 Å². The van der Waals surface area contributed by atoms with Crippen molar-refractivity contribution in [2.45, 2.75) is 0 Å². The van der Waals surface area contributed by atoms with Crippen LogP contribution in [0.3, 0.4) is 0 Å². The molecule has 0 radical (unpaired) electrons. The number of nitrogens with zero attached hydrogens (tertiary/aromatic N) is 3. The van der Waals surface area contributed by atoms with Crippen molar-refractivity contribution in [2.24, 2.45) is 12.1 Å². The van der Waals surface area contributed by atoms with Gasteiger partial charge in [0, 0.05) is 35.3 Å². The maximum absolute atomic E-state index is 12.2. The fourth-order valence-corrected chi connectivity index (χ4v) is 2.89. The molecule has 4 rings (SSSR count). The second kappa shape index (κ2) is 6.68. The Balaban J connectivity index is 1.49. The van der Waals surface area contributed by atoms with Crippen molar-refractivity contribution in [1.82, 2.24) is 20.2 Å². The summed E-state index contributed by atoms with van der Waals surface area (Å²) in [5.74, 6) is -0.337. The van der Waals surface area contributed by atoms with Crippen molar-refractivity contribution in [3.05, 3.63) is 78.1 Å². The maximum Gasteiger partial charge on any atom is 0.289 e. The summed E-state index contributed by atoms with van der Waals surface area (Å²) in [5.41, 5.74) is 6.61. The van der Waals surface area contributed by atoms with E-state index >= 15 is 0 Å². The number of rotatable bonds is 4. The Morgan fingerprint density at radius 2 is 1.92 bits per heavy atom. The van der Waals surface area contributed by atoms with Gasteiger partial charge in [0.1, 0.15) is 5.69 Å². The number of H-pyrrole nitrogens is 1. The fourth-order valence-electron chi connectivity index (χ4n) is 2.89. The lowest BCUT2D eigenvalue weighted by atomic mass is 10.1. The third kappa shape index (κ3) is 3.00. The Kier molecular flexibility index (Phi) is 4.07. The van der Waals surface area contributed by atoms with E-state index in [0.29, 0.717) is 11.4 Å². The number of para-hydroxylation sites is 1. The molecule has 2 aromatic heterocycles. The number of nitrogens with one attached hydrogen (secondary N) is 2. The van der Waals surface area contributed by atoms with Crippen LogP contribution in [0.1, 0.15) is 16.1 Å². The van der Waals surface area contributed by atoms with Gasteiger partial charge in [-0.15, -0.1) is 0 Å². The zero-order chi connectivity index (χ0) is 17.9. The highest BCUT2D eigenvalue weighted by Crippen LogP contribution is 2.19. The molecule has 6 nitrogen and oxygen atoms in total. The van der Waals surface area contributed by atoms with Crippen molar-refractivity contribution in [1.29, 1.82) is 0 Å². The largest absolute Gasteiger partial charge is 0.350 e. The minimum Gasteiger partial charge on any atom is -0.350 e. The summed E-state index contributed by atoms with van der Waals surface area (Å²) < 4.78 is 2.03. The molecule has 0 atom stereocenters. The normalized spacial score (nSPS) is 11.3. The molecule has 2 aromatic carbocycles. The number of aryl methyl sites for hydroxylation is 1. The van der Waals surface area contributed by atoms with E-state index in [9.17, 15) is 4.79 Å². The van der Waals surface area contributed by atoms with Crippen LogP contribution >= 0.6 is 0 Å². The third-order valence-electron chi connectivity index (χ3n) is 4.19. The first-order valence-corrected chi connectivity index (χ1v) is 8.20. The molecule has 0 bridgehead atoms. The average molecular weight is 343 g/mol. The Bertz CT molecular complexity index is 1090. The number of amides is 1. The maximum atomic E-state index is 12.2. The quantitative estimate of drug-likeness (QED) is 0.440. The first kappa shape index (κ1) is 15.8. The summed E-state index contributed by atoms with van der Waals surface area (Å²) in [6.45, 7) is 0. The van der Waals surface area contributed by atoms with Gasteiger partial charge in [-0.25, -0.2) is 5.43 Å². The van der Waals surface area contributed by atoms with Gasteiger partial charge in [0.25, 0.3) is 5.91 Å². The van der Waals surface area contributed by atoms with Gasteiger partial charge in [0.05, 0.1) is 11.9 Å². The topological polar surface area (TPSA) is 75.1 Å². The first-order chi connectivity index (χ1) is 12.7. The van der Waals surface area contributed by atoms with Gasteiger partial charge in [-0.2, -0.15) is 10.2 Å². The van der Waals surface area contributed by atoms with Gasteiger partial charge < -0.3 is 4.57 Å². The average Bonchev–Trinajstić information content (AvgIpc) is 3.29. The molecule has 0 aliphatic heterocycles. The molecule has 0 aliphatic carbocycles. The van der Waals surface area contributed by atoms with Gasteiger partial charge in [0.15, 0.2) is 0 Å². The molecule has 0 saturated carbocycles. The lowest BCUT2D eigenvalue weighted by Crippen LogP contribution is -2.17. The number of carbonyl (C=O) groups excluding carboxylic acids is 1. The van der Waals surface area contributed by atoms with Gasteiger partial charge in [-0.1, -0.05) is 48.5 Å². The van der Waals surface area contributed by atoms with Crippen LogP contribution in [0.4, 0.5) is 0 Å². The lowest BCUT2D eigenvalue weighted by molar-refractivity contribution is 0.0950. The molecule has 0 fully saturated rings. The van der Waals surface area contributed by atoms with Crippen LogP contribution in [0.25, 0.3) is 22.2 Å². The summed E-state index contributed by atoms with van der Waals surface area (Å²) in [4.78, 5) is 12.2. The molecule has 0 unspecified atom stereocenters. The van der Waals surface area contributed by atoms with E-state index in [1.807, 2.05) is 72.4 Å². The van der Waals surface area contributed by atoms with Crippen molar-refractivity contribution >= 4 is 23.0 Å². The van der Waals surface area contributed by atoms with Crippen molar-refractivity contribution in [3.63, 3.8) is 0 Å². The number of benzene rings is 2. The Morgan fingerprint density at radius 3 is 2.77 bits per heavy atom. The molecule has 0 saturated heterocycles. The molecule has 0 spiro atoms. The number of fused-ring (bicyclic) bond motifs is 1. The lowest BCUT2D eigenvalue weighted by Gasteiger charge is -1.95. The Morgan fingerprint density at radius 1 is 1.15 bits per heavy atom. The predicted octanol–water partition coefficient (Wildman–Crippen LogP) is 3.33. The highest BCUT2D eigenvalue weighted by atomic mass is 16.2. The van der Waals surface area contributed by atoms with Crippen LogP contribution in [0.5, 0.6) is 0 Å². The summed E-state index contributed by atoms with van der Waals surface area (Å²) in [6.07, 6.45) is 3.62. The Labute approximate surface area is 150 Å². The first-order valence-electron chi connectivity index (χ1n) is 8.20. The van der Waals surface area contributed by atoms with Crippen molar-refractivity contribution in [2.75, 3.05) is 0 Å². The summed E-state index contributed by atoms with van der Waals surface area (Å²) in [5, 5.41) is 12.1. The number of hydrogen-bond donors (Lipinski definition) is 2. The van der Waals surface area contributed by atoms with Gasteiger partial charge in [-0.05, 0) is 12.1 Å². The zero-order valence-corrected chi connectivity index (χ0v) is 14.2. The molecule has 2 heterocycles. The van der Waals surface area contributed by atoms with Gasteiger partial charge >= 0.3 is 0 Å². The van der Waals surface area contributed by atoms with E-state index in [1.54, 1.807) is 12.3 Å². The fraction of sp³-hybridized carbons (Fsp3) is 0.0500. The highest BCUT2D eigenvalue weighted by molar-refractivity contribution is 6.00. The van der Waals surface area contributed by atoms with Crippen LogP contribution in [-0.4, -0.2) is 26.9 Å². The van der Waals surface area contributed by atoms with Crippen LogP contribution in [0, 0.1) is 0 Å². The number of hydrogen-bond acceptors (Lipinski definition) is 3. The van der Waals surface area contributed by atoms with E-state index in [0.717, 1.165) is 22.0 Å². The summed E-state index contributed by atoms with van der Waals surface area (Å²) in [6, 6.07) is 19.4. The smallest absolute Gasteiger partial charge is 0.289 e. The van der Waals surface area contributed by atoms with Crippen LogP contribution in [-0.2, 0) is 7.05 Å². The Hall–Kier alpha value is -3.67. The highest BCUT2D eigenvalue weighted by Gasteiger charge is 2.10. The monoisotopic (exact) mass is 343 g/mol. The number of aromatic amines is 1. The van der Waals surface area contributed by atoms with E-state index in [4.69, 9.17) is 0 Å². The summed E-state index contributed by atoms with van der Waals surface area (Å²) in [7, 11) is 1.98. The van der Waals surface area contributed by atoms with E-state index in [2.05, 4.69) is 20.7 Å². The van der Waals surface area contributed by atoms with Gasteiger partial charge in [-0.3, -0.25) is 9.89 Å². The third-order valence-corrected chi connectivity index (χ3v) is 4.19. The molecule has 2 N–H and O–H groups in total. The molecule has 128 valence electrons.